The van der Waals surface area contributed by atoms with Gasteiger partial charge in [0.05, 0.1) is 12.7 Å². The Labute approximate surface area is 134 Å². The first-order valence-electron chi connectivity index (χ1n) is 6.99. The molecular weight excluding hydrogens is 298 g/mol. The van der Waals surface area contributed by atoms with Crippen molar-refractivity contribution in [1.29, 1.82) is 15.8 Å². The summed E-state index contributed by atoms with van der Waals surface area (Å²) in [5, 5.41) is 27.6. The highest BCUT2D eigenvalue weighted by molar-refractivity contribution is 8.02. The maximum absolute atomic E-state index is 12.0. The summed E-state index contributed by atoms with van der Waals surface area (Å²) in [7, 11) is 0. The molecule has 2 unspecified atom stereocenters. The topological polar surface area (TPSA) is 97.7 Å². The Morgan fingerprint density at radius 3 is 2.64 bits per heavy atom. The fourth-order valence-electron chi connectivity index (χ4n) is 2.54. The smallest absolute Gasteiger partial charge is 0.323 e. The van der Waals surface area contributed by atoms with Gasteiger partial charge in [0.1, 0.15) is 17.7 Å². The van der Waals surface area contributed by atoms with Gasteiger partial charge >= 0.3 is 5.97 Å². The van der Waals surface area contributed by atoms with E-state index >= 15 is 0 Å². The molecule has 0 saturated heterocycles. The van der Waals surface area contributed by atoms with Gasteiger partial charge in [0.2, 0.25) is 0 Å². The summed E-state index contributed by atoms with van der Waals surface area (Å²) >= 11 is 1.30. The second-order valence-electron chi connectivity index (χ2n) is 4.69. The molecule has 1 aliphatic carbocycles. The molecule has 0 spiro atoms. The van der Waals surface area contributed by atoms with Gasteiger partial charge in [-0.3, -0.25) is 4.79 Å². The maximum Gasteiger partial charge on any atom is 0.323 e. The van der Waals surface area contributed by atoms with E-state index < -0.39 is 11.9 Å². The summed E-state index contributed by atoms with van der Waals surface area (Å²) in [4.78, 5) is 12.6. The number of carbonyl (C=O) groups is 1. The lowest BCUT2D eigenvalue weighted by molar-refractivity contribution is -0.147. The average molecular weight is 315 g/mol. The Bertz CT molecular complexity index is 601. The first kappa shape index (κ1) is 17.8. The van der Waals surface area contributed by atoms with E-state index in [1.54, 1.807) is 13.2 Å². The van der Waals surface area contributed by atoms with Crippen LogP contribution in [0.5, 0.6) is 0 Å². The predicted octanol–water partition coefficient (Wildman–Crippen LogP) is 3.08. The van der Waals surface area contributed by atoms with E-state index in [2.05, 4.69) is 0 Å². The van der Waals surface area contributed by atoms with Crippen molar-refractivity contribution < 1.29 is 9.53 Å². The normalized spacial score (nSPS) is 18.0. The van der Waals surface area contributed by atoms with Crippen LogP contribution in [0.4, 0.5) is 0 Å². The molecule has 0 aliphatic heterocycles. The Balaban J connectivity index is 3.28. The fourth-order valence-corrected chi connectivity index (χ4v) is 3.31. The molecule has 1 aliphatic rings. The summed E-state index contributed by atoms with van der Waals surface area (Å²) in [5.41, 5.74) is 0.766. The van der Waals surface area contributed by atoms with Crippen LogP contribution < -0.4 is 0 Å². The van der Waals surface area contributed by atoms with Gasteiger partial charge in [-0.05, 0) is 38.0 Å². The van der Waals surface area contributed by atoms with Crippen LogP contribution in [0.2, 0.25) is 0 Å². The average Bonchev–Trinajstić information content (AvgIpc) is 2.54. The van der Waals surface area contributed by atoms with Gasteiger partial charge in [0.15, 0.2) is 5.92 Å². The SMILES string of the molecule is CCOC(=O)C(C#N)C1CCCC=C1C(SC)=C(C#N)C#N. The fraction of sp³-hybridized carbons (Fsp3) is 0.500. The Morgan fingerprint density at radius 2 is 2.14 bits per heavy atom. The van der Waals surface area contributed by atoms with Crippen LogP contribution >= 0.6 is 11.8 Å². The van der Waals surface area contributed by atoms with Crippen LogP contribution in [0.15, 0.2) is 22.1 Å². The zero-order valence-corrected chi connectivity index (χ0v) is 13.4. The maximum atomic E-state index is 12.0. The van der Waals surface area contributed by atoms with Gasteiger partial charge in [-0.1, -0.05) is 6.08 Å². The monoisotopic (exact) mass is 315 g/mol. The molecule has 0 radical (unpaired) electrons. The van der Waals surface area contributed by atoms with Crippen molar-refractivity contribution in [3.63, 3.8) is 0 Å². The Morgan fingerprint density at radius 1 is 1.45 bits per heavy atom. The second-order valence-corrected chi connectivity index (χ2v) is 5.50. The molecule has 1 rings (SSSR count). The number of esters is 1. The van der Waals surface area contributed by atoms with Crippen molar-refractivity contribution in [2.75, 3.05) is 12.9 Å². The third-order valence-corrected chi connectivity index (χ3v) is 4.33. The lowest BCUT2D eigenvalue weighted by atomic mass is 9.78. The number of rotatable bonds is 5. The molecule has 0 aromatic heterocycles. The van der Waals surface area contributed by atoms with Crippen LogP contribution in [0.3, 0.4) is 0 Å². The highest BCUT2D eigenvalue weighted by Gasteiger charge is 2.35. The molecule has 0 saturated carbocycles. The van der Waals surface area contributed by atoms with Gasteiger partial charge in [-0.2, -0.15) is 15.8 Å². The zero-order valence-electron chi connectivity index (χ0n) is 12.6. The van der Waals surface area contributed by atoms with Crippen LogP contribution in [0.1, 0.15) is 26.2 Å². The largest absolute Gasteiger partial charge is 0.465 e. The standard InChI is InChI=1S/C16H17N3O2S/c1-3-21-16(20)14(10-19)12-6-4-5-7-13(12)15(22-2)11(8-17)9-18/h7,12,14H,3-6H2,1-2H3. The lowest BCUT2D eigenvalue weighted by Crippen LogP contribution is -2.28. The molecule has 0 aromatic rings. The number of nitrogens with zero attached hydrogens (tertiary/aromatic N) is 3. The van der Waals surface area contributed by atoms with Crippen molar-refractivity contribution in [3.05, 3.63) is 22.1 Å². The molecule has 0 fully saturated rings. The van der Waals surface area contributed by atoms with E-state index in [1.165, 1.54) is 11.8 Å². The zero-order chi connectivity index (χ0) is 16.5. The third-order valence-electron chi connectivity index (χ3n) is 3.48. The van der Waals surface area contributed by atoms with E-state index in [4.69, 9.17) is 15.3 Å². The van der Waals surface area contributed by atoms with Crippen molar-refractivity contribution in [3.8, 4) is 18.2 Å². The number of thioether (sulfide) groups is 1. The van der Waals surface area contributed by atoms with Gasteiger partial charge in [0.25, 0.3) is 0 Å². The highest BCUT2D eigenvalue weighted by Crippen LogP contribution is 2.40. The summed E-state index contributed by atoms with van der Waals surface area (Å²) < 4.78 is 4.98. The molecule has 5 nitrogen and oxygen atoms in total. The minimum absolute atomic E-state index is 0.0196. The molecule has 0 bridgehead atoms. The molecule has 0 amide bonds. The Kier molecular flexibility index (Phi) is 7.23. The first-order chi connectivity index (χ1) is 10.6. The minimum Gasteiger partial charge on any atom is -0.465 e. The van der Waals surface area contributed by atoms with E-state index in [9.17, 15) is 10.1 Å². The highest BCUT2D eigenvalue weighted by atomic mass is 32.2. The van der Waals surface area contributed by atoms with Crippen LogP contribution in [-0.4, -0.2) is 18.8 Å². The molecule has 22 heavy (non-hydrogen) atoms. The molecule has 6 heteroatoms. The van der Waals surface area contributed by atoms with Gasteiger partial charge in [-0.25, -0.2) is 0 Å². The summed E-state index contributed by atoms with van der Waals surface area (Å²) in [5.74, 6) is -1.79. The lowest BCUT2D eigenvalue weighted by Gasteiger charge is -2.28. The number of nitriles is 3. The molecular formula is C16H17N3O2S. The van der Waals surface area contributed by atoms with Crippen molar-refractivity contribution >= 4 is 17.7 Å². The van der Waals surface area contributed by atoms with E-state index in [0.29, 0.717) is 11.3 Å². The molecule has 2 atom stereocenters. The number of allylic oxidation sites excluding steroid dienone is 3. The van der Waals surface area contributed by atoms with Crippen LogP contribution in [0, 0.1) is 45.8 Å². The van der Waals surface area contributed by atoms with E-state index in [-0.39, 0.29) is 18.1 Å². The van der Waals surface area contributed by atoms with E-state index in [0.717, 1.165) is 18.4 Å². The van der Waals surface area contributed by atoms with Gasteiger partial charge < -0.3 is 4.74 Å². The third kappa shape index (κ3) is 3.91. The number of hydrogen-bond donors (Lipinski definition) is 0. The van der Waals surface area contributed by atoms with Crippen molar-refractivity contribution in [2.24, 2.45) is 11.8 Å². The van der Waals surface area contributed by atoms with Gasteiger partial charge in [-0.15, -0.1) is 11.8 Å². The summed E-state index contributed by atoms with van der Waals surface area (Å²) in [6.07, 6.45) is 6.04. The molecule has 0 aromatic carbocycles. The molecule has 0 N–H and O–H groups in total. The van der Waals surface area contributed by atoms with E-state index in [1.807, 2.05) is 24.3 Å². The van der Waals surface area contributed by atoms with Crippen LogP contribution in [-0.2, 0) is 9.53 Å². The number of hydrogen-bond acceptors (Lipinski definition) is 6. The summed E-state index contributed by atoms with van der Waals surface area (Å²) in [6.45, 7) is 1.91. The number of carbonyl (C=O) groups excluding carboxylic acids is 1. The first-order valence-corrected chi connectivity index (χ1v) is 8.22. The second kappa shape index (κ2) is 8.93. The predicted molar refractivity (Wildman–Crippen MR) is 82.9 cm³/mol. The van der Waals surface area contributed by atoms with Crippen LogP contribution in [0.25, 0.3) is 0 Å². The van der Waals surface area contributed by atoms with Crippen molar-refractivity contribution in [1.82, 2.24) is 0 Å². The van der Waals surface area contributed by atoms with Gasteiger partial charge in [0, 0.05) is 10.8 Å². The molecule has 114 valence electrons. The Hall–Kier alpha value is -2.23. The minimum atomic E-state index is -0.910. The van der Waals surface area contributed by atoms with Crippen molar-refractivity contribution in [2.45, 2.75) is 26.2 Å². The molecule has 0 heterocycles. The summed E-state index contributed by atoms with van der Waals surface area (Å²) in [6, 6.07) is 5.81. The quantitative estimate of drug-likeness (QED) is 0.571. The number of ether oxygens (including phenoxy) is 1.